The van der Waals surface area contributed by atoms with E-state index in [0.717, 1.165) is 18.8 Å². The molecule has 1 amide bonds. The van der Waals surface area contributed by atoms with Crippen LogP contribution >= 0.6 is 0 Å². The van der Waals surface area contributed by atoms with Gasteiger partial charge in [0.15, 0.2) is 0 Å². The van der Waals surface area contributed by atoms with E-state index in [4.69, 9.17) is 6.42 Å². The first kappa shape index (κ1) is 15.1. The first-order valence-electron chi connectivity index (χ1n) is 7.08. The summed E-state index contributed by atoms with van der Waals surface area (Å²) < 4.78 is 0. The molecule has 1 fully saturated rings. The number of carbonyl (C=O) groups excluding carboxylic acids is 1. The fraction of sp³-hybridized carbons (Fsp3) is 0.812. The Labute approximate surface area is 112 Å². The van der Waals surface area contributed by atoms with E-state index in [1.54, 1.807) is 0 Å². The van der Waals surface area contributed by atoms with Gasteiger partial charge in [-0.15, -0.1) is 12.3 Å². The average Bonchev–Trinajstić information content (AvgIpc) is 2.28. The van der Waals surface area contributed by atoms with Crippen LogP contribution < -0.4 is 5.32 Å². The zero-order valence-corrected chi connectivity index (χ0v) is 12.3. The van der Waals surface area contributed by atoms with Gasteiger partial charge < -0.3 is 5.32 Å². The van der Waals surface area contributed by atoms with E-state index in [9.17, 15) is 4.79 Å². The predicted molar refractivity (Wildman–Crippen MR) is 76.0 cm³/mol. The fourth-order valence-electron chi connectivity index (χ4n) is 2.81. The standard InChI is InChI=1S/C16H27NO/c1-6-7-12(2)17-15(18)13-8-10-14(11-9-13)16(3,4)5/h1,12-14H,7-11H2,2-5H3,(H,17,18). The van der Waals surface area contributed by atoms with Crippen molar-refractivity contribution < 1.29 is 4.79 Å². The van der Waals surface area contributed by atoms with E-state index in [0.29, 0.717) is 11.8 Å². The van der Waals surface area contributed by atoms with E-state index in [1.165, 1.54) is 12.8 Å². The molecule has 1 aliphatic carbocycles. The Morgan fingerprint density at radius 2 is 1.89 bits per heavy atom. The maximum absolute atomic E-state index is 12.1. The van der Waals surface area contributed by atoms with Crippen LogP contribution in [-0.2, 0) is 4.79 Å². The van der Waals surface area contributed by atoms with Crippen molar-refractivity contribution in [2.75, 3.05) is 0 Å². The van der Waals surface area contributed by atoms with Gasteiger partial charge >= 0.3 is 0 Å². The Morgan fingerprint density at radius 3 is 2.33 bits per heavy atom. The molecular weight excluding hydrogens is 222 g/mol. The molecule has 1 unspecified atom stereocenters. The molecule has 1 saturated carbocycles. The van der Waals surface area contributed by atoms with E-state index in [1.807, 2.05) is 6.92 Å². The molecule has 102 valence electrons. The normalized spacial score (nSPS) is 26.2. The predicted octanol–water partition coefficient (Wildman–Crippen LogP) is 3.37. The zero-order chi connectivity index (χ0) is 13.8. The first-order chi connectivity index (χ1) is 8.34. The molecule has 0 bridgehead atoms. The number of carbonyl (C=O) groups is 1. The summed E-state index contributed by atoms with van der Waals surface area (Å²) in [5, 5.41) is 3.02. The summed E-state index contributed by atoms with van der Waals surface area (Å²) in [7, 11) is 0. The number of hydrogen-bond acceptors (Lipinski definition) is 1. The van der Waals surface area contributed by atoms with E-state index in [2.05, 4.69) is 32.0 Å². The van der Waals surface area contributed by atoms with Crippen molar-refractivity contribution in [2.24, 2.45) is 17.3 Å². The summed E-state index contributed by atoms with van der Waals surface area (Å²) in [6.07, 6.45) is 10.3. The Hall–Kier alpha value is -0.970. The highest BCUT2D eigenvalue weighted by Gasteiger charge is 2.32. The molecule has 1 rings (SSSR count). The van der Waals surface area contributed by atoms with Crippen molar-refractivity contribution in [3.63, 3.8) is 0 Å². The topological polar surface area (TPSA) is 29.1 Å². The van der Waals surface area contributed by atoms with Gasteiger partial charge in [-0.3, -0.25) is 4.79 Å². The van der Waals surface area contributed by atoms with Gasteiger partial charge in [-0.05, 0) is 43.9 Å². The quantitative estimate of drug-likeness (QED) is 0.763. The average molecular weight is 249 g/mol. The lowest BCUT2D eigenvalue weighted by Gasteiger charge is -2.36. The molecule has 18 heavy (non-hydrogen) atoms. The summed E-state index contributed by atoms with van der Waals surface area (Å²) in [5.74, 6) is 3.74. The molecule has 1 atom stereocenters. The molecule has 0 aromatic heterocycles. The van der Waals surface area contributed by atoms with Crippen molar-refractivity contribution in [1.29, 1.82) is 0 Å². The van der Waals surface area contributed by atoms with Crippen LogP contribution in [0.3, 0.4) is 0 Å². The number of rotatable bonds is 3. The van der Waals surface area contributed by atoms with Crippen LogP contribution in [0, 0.1) is 29.6 Å². The SMILES string of the molecule is C#CCC(C)NC(=O)C1CCC(C(C)(C)C)CC1. The highest BCUT2D eigenvalue weighted by Crippen LogP contribution is 2.39. The van der Waals surface area contributed by atoms with Gasteiger partial charge in [-0.1, -0.05) is 20.8 Å². The smallest absolute Gasteiger partial charge is 0.223 e. The number of amides is 1. The molecule has 0 aromatic rings. The van der Waals surface area contributed by atoms with Gasteiger partial charge in [0.25, 0.3) is 0 Å². The van der Waals surface area contributed by atoms with Gasteiger partial charge in [0.05, 0.1) is 0 Å². The number of terminal acetylenes is 1. The van der Waals surface area contributed by atoms with Crippen LogP contribution in [-0.4, -0.2) is 11.9 Å². The van der Waals surface area contributed by atoms with Gasteiger partial charge in [0.2, 0.25) is 5.91 Å². The second kappa shape index (κ2) is 6.27. The zero-order valence-electron chi connectivity index (χ0n) is 12.3. The molecule has 0 heterocycles. The first-order valence-corrected chi connectivity index (χ1v) is 7.08. The van der Waals surface area contributed by atoms with Crippen molar-refractivity contribution in [3.05, 3.63) is 0 Å². The second-order valence-corrected chi connectivity index (χ2v) is 6.73. The monoisotopic (exact) mass is 249 g/mol. The van der Waals surface area contributed by atoms with Crippen LogP contribution in [0.15, 0.2) is 0 Å². The molecule has 0 aromatic carbocycles. The highest BCUT2D eigenvalue weighted by atomic mass is 16.1. The largest absolute Gasteiger partial charge is 0.352 e. The van der Waals surface area contributed by atoms with E-state index < -0.39 is 0 Å². The van der Waals surface area contributed by atoms with Crippen molar-refractivity contribution in [3.8, 4) is 12.3 Å². The van der Waals surface area contributed by atoms with Crippen molar-refractivity contribution in [1.82, 2.24) is 5.32 Å². The third-order valence-corrected chi connectivity index (χ3v) is 4.14. The van der Waals surface area contributed by atoms with Crippen molar-refractivity contribution in [2.45, 2.75) is 65.8 Å². The van der Waals surface area contributed by atoms with Crippen LogP contribution in [0.2, 0.25) is 0 Å². The molecule has 0 radical (unpaired) electrons. The molecule has 1 aliphatic rings. The van der Waals surface area contributed by atoms with Crippen LogP contribution in [0.5, 0.6) is 0 Å². The Morgan fingerprint density at radius 1 is 1.33 bits per heavy atom. The summed E-state index contributed by atoms with van der Waals surface area (Å²) in [4.78, 5) is 12.1. The van der Waals surface area contributed by atoms with Gasteiger partial charge in [0, 0.05) is 18.4 Å². The molecule has 0 spiro atoms. The Kier molecular flexibility index (Phi) is 5.26. The minimum absolute atomic E-state index is 0.0999. The van der Waals surface area contributed by atoms with Gasteiger partial charge in [-0.25, -0.2) is 0 Å². The fourth-order valence-corrected chi connectivity index (χ4v) is 2.81. The molecule has 0 aliphatic heterocycles. The number of hydrogen-bond donors (Lipinski definition) is 1. The highest BCUT2D eigenvalue weighted by molar-refractivity contribution is 5.79. The third kappa shape index (κ3) is 4.37. The maximum Gasteiger partial charge on any atom is 0.223 e. The minimum Gasteiger partial charge on any atom is -0.352 e. The lowest BCUT2D eigenvalue weighted by molar-refractivity contribution is -0.127. The maximum atomic E-state index is 12.1. The minimum atomic E-state index is 0.0999. The lowest BCUT2D eigenvalue weighted by atomic mass is 9.69. The summed E-state index contributed by atoms with van der Waals surface area (Å²) in [6.45, 7) is 8.87. The number of nitrogens with one attached hydrogen (secondary N) is 1. The molecule has 2 nitrogen and oxygen atoms in total. The second-order valence-electron chi connectivity index (χ2n) is 6.73. The molecule has 2 heteroatoms. The van der Waals surface area contributed by atoms with E-state index >= 15 is 0 Å². The van der Waals surface area contributed by atoms with Crippen LogP contribution in [0.1, 0.15) is 59.8 Å². The van der Waals surface area contributed by atoms with E-state index in [-0.39, 0.29) is 17.9 Å². The van der Waals surface area contributed by atoms with Crippen molar-refractivity contribution >= 4 is 5.91 Å². The van der Waals surface area contributed by atoms with Crippen LogP contribution in [0.4, 0.5) is 0 Å². The Balaban J connectivity index is 2.39. The van der Waals surface area contributed by atoms with Crippen LogP contribution in [0.25, 0.3) is 0 Å². The molecule has 0 saturated heterocycles. The summed E-state index contributed by atoms with van der Waals surface area (Å²) >= 11 is 0. The lowest BCUT2D eigenvalue weighted by Crippen LogP contribution is -2.39. The summed E-state index contributed by atoms with van der Waals surface area (Å²) in [5.41, 5.74) is 0.373. The Bertz CT molecular complexity index is 313. The van der Waals surface area contributed by atoms with Gasteiger partial charge in [0.1, 0.15) is 0 Å². The third-order valence-electron chi connectivity index (χ3n) is 4.14. The summed E-state index contributed by atoms with van der Waals surface area (Å²) in [6, 6.07) is 0.0999. The molecular formula is C16H27NO. The van der Waals surface area contributed by atoms with Gasteiger partial charge in [-0.2, -0.15) is 0 Å². The molecule has 1 N–H and O–H groups in total.